The Kier molecular flexibility index (Phi) is 5.15. The van der Waals surface area contributed by atoms with Crippen LogP contribution in [0.4, 0.5) is 0 Å². The topological polar surface area (TPSA) is 124 Å². The van der Waals surface area contributed by atoms with E-state index in [1.54, 1.807) is 31.6 Å². The molecule has 0 aromatic carbocycles. The maximum Gasteiger partial charge on any atom is 0.320 e. The largest absolute Gasteiger partial charge is 0.480 e. The van der Waals surface area contributed by atoms with E-state index in [1.165, 1.54) is 12.7 Å². The third kappa shape index (κ3) is 3.12. The highest BCUT2D eigenvalue weighted by Crippen LogP contribution is 2.47. The lowest BCUT2D eigenvalue weighted by Crippen LogP contribution is -2.44. The van der Waals surface area contributed by atoms with Crippen LogP contribution in [-0.4, -0.2) is 44.2 Å². The molecule has 0 radical (unpaired) electrons. The minimum atomic E-state index is -1.07. The molecule has 2 aromatic rings. The van der Waals surface area contributed by atoms with Crippen molar-refractivity contribution < 1.29 is 14.6 Å². The third-order valence-corrected chi connectivity index (χ3v) is 4.50. The molecule has 2 unspecified atom stereocenters. The molecule has 134 valence electrons. The minimum absolute atomic E-state index is 0.173. The first-order valence-corrected chi connectivity index (χ1v) is 8.05. The van der Waals surface area contributed by atoms with E-state index in [4.69, 9.17) is 10.5 Å². The summed E-state index contributed by atoms with van der Waals surface area (Å²) in [6.07, 6.45) is 11.9. The molecule has 0 aliphatic heterocycles. The highest BCUT2D eigenvalue weighted by Gasteiger charge is 2.47. The molecular weight excluding hydrogens is 334 g/mol. The van der Waals surface area contributed by atoms with Crippen molar-refractivity contribution in [2.24, 2.45) is 11.7 Å². The second-order valence-electron chi connectivity index (χ2n) is 5.88. The van der Waals surface area contributed by atoms with E-state index in [0.717, 1.165) is 5.57 Å². The van der Waals surface area contributed by atoms with Crippen molar-refractivity contribution in [2.45, 2.75) is 18.1 Å². The number of hydrogen-bond donors (Lipinski definition) is 2. The first-order chi connectivity index (χ1) is 12.6. The Morgan fingerprint density at radius 2 is 2.04 bits per heavy atom. The molecule has 26 heavy (non-hydrogen) atoms. The van der Waals surface area contributed by atoms with Crippen LogP contribution < -0.4 is 5.73 Å². The number of carboxylic acid groups (broad SMARTS) is 1. The Morgan fingerprint density at radius 3 is 2.62 bits per heavy atom. The maximum absolute atomic E-state index is 11.3. The fourth-order valence-electron chi connectivity index (χ4n) is 3.29. The highest BCUT2D eigenvalue weighted by atomic mass is 16.5. The number of nitrogens with two attached hydrogens (primary N) is 1. The molecule has 2 heterocycles. The monoisotopic (exact) mass is 353 g/mol. The van der Waals surface area contributed by atoms with Gasteiger partial charge in [0.2, 0.25) is 0 Å². The fourth-order valence-corrected chi connectivity index (χ4v) is 3.29. The maximum atomic E-state index is 11.3. The van der Waals surface area contributed by atoms with E-state index in [2.05, 4.69) is 19.9 Å². The van der Waals surface area contributed by atoms with Gasteiger partial charge in [0.25, 0.3) is 0 Å². The normalized spacial score (nSPS) is 23.3. The third-order valence-electron chi connectivity index (χ3n) is 4.50. The minimum Gasteiger partial charge on any atom is -0.480 e. The van der Waals surface area contributed by atoms with E-state index in [1.807, 2.05) is 18.2 Å². The number of carboxylic acids is 1. The molecule has 8 nitrogen and oxygen atoms in total. The lowest BCUT2D eigenvalue weighted by molar-refractivity contribution is -0.139. The quantitative estimate of drug-likeness (QED) is 0.793. The molecule has 3 rings (SSSR count). The Hall–Kier alpha value is -2.97. The summed E-state index contributed by atoms with van der Waals surface area (Å²) in [6.45, 7) is 0. The molecule has 0 bridgehead atoms. The molecule has 3 atom stereocenters. The molecule has 0 fully saturated rings. The van der Waals surface area contributed by atoms with Crippen molar-refractivity contribution >= 4 is 11.5 Å². The molecule has 1 aliphatic rings. The van der Waals surface area contributed by atoms with Crippen LogP contribution in [0.5, 0.6) is 0 Å². The number of aliphatic carboxylic acids is 1. The number of nitrogens with zero attached hydrogens (tertiary/aromatic N) is 4. The Labute approximate surface area is 150 Å². The van der Waals surface area contributed by atoms with E-state index in [0.29, 0.717) is 11.4 Å². The number of ether oxygens (including phenoxy) is 1. The van der Waals surface area contributed by atoms with Gasteiger partial charge in [0, 0.05) is 31.0 Å². The van der Waals surface area contributed by atoms with Gasteiger partial charge in [-0.1, -0.05) is 18.2 Å². The summed E-state index contributed by atoms with van der Waals surface area (Å²) in [5, 5.41) is 9.26. The zero-order valence-electron chi connectivity index (χ0n) is 14.2. The van der Waals surface area contributed by atoms with Crippen LogP contribution in [0.25, 0.3) is 5.57 Å². The van der Waals surface area contributed by atoms with Gasteiger partial charge >= 0.3 is 5.97 Å². The molecular formula is C18H19N5O3. The fraction of sp³-hybridized carbons (Fsp3) is 0.278. The number of hydrogen-bond acceptors (Lipinski definition) is 7. The lowest BCUT2D eigenvalue weighted by Gasteiger charge is -2.41. The van der Waals surface area contributed by atoms with Crippen LogP contribution in [0, 0.1) is 5.92 Å². The van der Waals surface area contributed by atoms with Gasteiger partial charge < -0.3 is 15.6 Å². The van der Waals surface area contributed by atoms with Gasteiger partial charge in [0.15, 0.2) is 0 Å². The number of rotatable bonds is 6. The smallest absolute Gasteiger partial charge is 0.320 e. The summed E-state index contributed by atoms with van der Waals surface area (Å²) >= 11 is 0. The highest BCUT2D eigenvalue weighted by molar-refractivity contribution is 5.76. The molecule has 8 heteroatoms. The van der Waals surface area contributed by atoms with Crippen molar-refractivity contribution in [3.05, 3.63) is 66.8 Å². The van der Waals surface area contributed by atoms with E-state index < -0.39 is 17.6 Å². The van der Waals surface area contributed by atoms with Crippen LogP contribution in [0.2, 0.25) is 0 Å². The standard InChI is InChI=1S/C18H19N5O3/c1-26-18(16-6-8-21-11-23-16)12(9-14(19)17(24)25)3-2-4-13(18)15-5-7-20-10-22-15/h2-8,10-12,14H,9,19H2,1H3,(H,24,25)/t12?,14-,18?/m1/s1. The summed E-state index contributed by atoms with van der Waals surface area (Å²) in [4.78, 5) is 28.0. The number of allylic oxidation sites excluding steroid dienone is 2. The second-order valence-corrected chi connectivity index (χ2v) is 5.88. The summed E-state index contributed by atoms with van der Waals surface area (Å²) in [5.74, 6) is -1.42. The Bertz CT molecular complexity index is 825. The molecule has 1 aliphatic carbocycles. The zero-order chi connectivity index (χ0) is 18.6. The average Bonchev–Trinajstić information content (AvgIpc) is 2.69. The lowest BCUT2D eigenvalue weighted by atomic mass is 9.71. The van der Waals surface area contributed by atoms with E-state index >= 15 is 0 Å². The Morgan fingerprint density at radius 1 is 1.31 bits per heavy atom. The average molecular weight is 353 g/mol. The van der Waals surface area contributed by atoms with Gasteiger partial charge in [0.05, 0.1) is 11.4 Å². The molecule has 3 N–H and O–H groups in total. The van der Waals surface area contributed by atoms with Gasteiger partial charge in [-0.15, -0.1) is 0 Å². The first kappa shape index (κ1) is 17.8. The van der Waals surface area contributed by atoms with Crippen molar-refractivity contribution in [3.8, 4) is 0 Å². The van der Waals surface area contributed by atoms with Crippen molar-refractivity contribution in [3.63, 3.8) is 0 Å². The Balaban J connectivity index is 2.16. The number of carbonyl (C=O) groups is 1. The summed E-state index contributed by atoms with van der Waals surface area (Å²) in [6, 6.07) is 2.48. The zero-order valence-corrected chi connectivity index (χ0v) is 14.2. The molecule has 0 amide bonds. The number of aromatic nitrogens is 4. The molecule has 0 saturated carbocycles. The summed E-state index contributed by atoms with van der Waals surface area (Å²) in [5.41, 5.74) is 6.80. The second kappa shape index (κ2) is 7.51. The molecule has 0 spiro atoms. The van der Waals surface area contributed by atoms with Crippen LogP contribution in [0.1, 0.15) is 17.8 Å². The molecule has 2 aromatic heterocycles. The number of methoxy groups -OCH3 is 1. The van der Waals surface area contributed by atoms with Gasteiger partial charge in [0.1, 0.15) is 24.3 Å². The van der Waals surface area contributed by atoms with Crippen LogP contribution >= 0.6 is 0 Å². The van der Waals surface area contributed by atoms with E-state index in [9.17, 15) is 9.90 Å². The van der Waals surface area contributed by atoms with Crippen LogP contribution in [-0.2, 0) is 15.1 Å². The van der Waals surface area contributed by atoms with Crippen molar-refractivity contribution in [1.82, 2.24) is 19.9 Å². The van der Waals surface area contributed by atoms with Gasteiger partial charge in [-0.2, -0.15) is 0 Å². The first-order valence-electron chi connectivity index (χ1n) is 8.05. The summed E-state index contributed by atoms with van der Waals surface area (Å²) < 4.78 is 6.01. The van der Waals surface area contributed by atoms with E-state index in [-0.39, 0.29) is 12.3 Å². The summed E-state index contributed by atoms with van der Waals surface area (Å²) in [7, 11) is 1.57. The van der Waals surface area contributed by atoms with Gasteiger partial charge in [-0.05, 0) is 18.6 Å². The van der Waals surface area contributed by atoms with Gasteiger partial charge in [-0.3, -0.25) is 4.79 Å². The van der Waals surface area contributed by atoms with Crippen LogP contribution in [0.15, 0.2) is 55.4 Å². The SMILES string of the molecule is COC1(c2ccncn2)C(c2ccncn2)=CC=CC1C[C@@H](N)C(=O)O. The van der Waals surface area contributed by atoms with Crippen molar-refractivity contribution in [2.75, 3.05) is 7.11 Å². The molecule has 0 saturated heterocycles. The van der Waals surface area contributed by atoms with Crippen LogP contribution in [0.3, 0.4) is 0 Å². The predicted molar refractivity (Wildman–Crippen MR) is 93.6 cm³/mol. The van der Waals surface area contributed by atoms with Crippen molar-refractivity contribution in [1.29, 1.82) is 0 Å². The van der Waals surface area contributed by atoms with Gasteiger partial charge in [-0.25, -0.2) is 19.9 Å². The predicted octanol–water partition coefficient (Wildman–Crippen LogP) is 1.18.